The monoisotopic (exact) mass is 350 g/mol. The molecule has 0 aliphatic heterocycles. The topological polar surface area (TPSA) is 69.7 Å². The van der Waals surface area contributed by atoms with E-state index in [1.807, 2.05) is 0 Å². The van der Waals surface area contributed by atoms with Crippen LogP contribution in [-0.2, 0) is 19.1 Å². The summed E-state index contributed by atoms with van der Waals surface area (Å²) in [6.07, 6.45) is 0. The first kappa shape index (κ1) is 18.4. The minimum Gasteiger partial charge on any atom is -0.464 e. The zero-order valence-corrected chi connectivity index (χ0v) is 13.3. The van der Waals surface area contributed by atoms with E-state index in [2.05, 4.69) is 9.47 Å². The van der Waals surface area contributed by atoms with Crippen LogP contribution in [0.3, 0.4) is 0 Å². The van der Waals surface area contributed by atoms with Crippen molar-refractivity contribution in [3.05, 3.63) is 34.6 Å². The third kappa shape index (κ3) is 3.56. The Hall–Kier alpha value is -1.66. The third-order valence-corrected chi connectivity index (χ3v) is 3.39. The first-order chi connectivity index (χ1) is 10.3. The van der Waals surface area contributed by atoms with E-state index in [4.69, 9.17) is 23.2 Å². The molecule has 0 aliphatic rings. The van der Waals surface area contributed by atoms with Gasteiger partial charge < -0.3 is 9.47 Å². The molecular formula is C14H13Cl2FO5. The lowest BCUT2D eigenvalue weighted by Gasteiger charge is -2.21. The molecular weight excluding hydrogens is 338 g/mol. The highest BCUT2D eigenvalue weighted by molar-refractivity contribution is 6.58. The van der Waals surface area contributed by atoms with Crippen LogP contribution in [0.25, 0.3) is 0 Å². The molecule has 22 heavy (non-hydrogen) atoms. The average molecular weight is 351 g/mol. The summed E-state index contributed by atoms with van der Waals surface area (Å²) in [5.41, 5.74) is -0.307. The predicted octanol–water partition coefficient (Wildman–Crippen LogP) is 2.77. The molecule has 0 spiro atoms. The van der Waals surface area contributed by atoms with Gasteiger partial charge in [-0.1, -0.05) is 23.2 Å². The summed E-state index contributed by atoms with van der Waals surface area (Å²) >= 11 is 11.4. The van der Waals surface area contributed by atoms with Gasteiger partial charge in [0.25, 0.3) is 4.87 Å². The Bertz CT molecular complexity index is 585. The van der Waals surface area contributed by atoms with Gasteiger partial charge in [0.2, 0.25) is 5.78 Å². The molecule has 0 amide bonds. The molecule has 0 heterocycles. The zero-order valence-electron chi connectivity index (χ0n) is 11.8. The van der Waals surface area contributed by atoms with E-state index in [1.165, 1.54) is 13.8 Å². The highest BCUT2D eigenvalue weighted by Crippen LogP contribution is 2.27. The van der Waals surface area contributed by atoms with E-state index in [0.29, 0.717) is 0 Å². The predicted molar refractivity (Wildman–Crippen MR) is 77.6 cm³/mol. The minimum absolute atomic E-state index is 0.102. The molecule has 8 heteroatoms. The fourth-order valence-electron chi connectivity index (χ4n) is 1.57. The van der Waals surface area contributed by atoms with E-state index in [0.717, 1.165) is 18.2 Å². The molecule has 0 unspecified atom stereocenters. The second-order valence-corrected chi connectivity index (χ2v) is 5.03. The summed E-state index contributed by atoms with van der Waals surface area (Å²) in [6, 6.07) is 3.03. The van der Waals surface area contributed by atoms with Crippen molar-refractivity contribution in [2.75, 3.05) is 13.2 Å². The maximum Gasteiger partial charge on any atom is 0.347 e. The number of ether oxygens (including phenoxy) is 2. The van der Waals surface area contributed by atoms with E-state index in [-0.39, 0.29) is 23.8 Å². The van der Waals surface area contributed by atoms with Crippen LogP contribution in [-0.4, -0.2) is 35.8 Å². The highest BCUT2D eigenvalue weighted by atomic mass is 35.5. The van der Waals surface area contributed by atoms with Gasteiger partial charge in [-0.15, -0.1) is 0 Å². The molecule has 0 saturated heterocycles. The molecule has 1 aromatic rings. The van der Waals surface area contributed by atoms with Gasteiger partial charge >= 0.3 is 11.9 Å². The molecule has 0 saturated carbocycles. The van der Waals surface area contributed by atoms with Gasteiger partial charge in [0.15, 0.2) is 0 Å². The number of benzene rings is 1. The summed E-state index contributed by atoms with van der Waals surface area (Å²) in [5, 5.41) is -0.219. The SMILES string of the molecule is CCOC(=O)C(Cl)(C(=O)OCC)C(=O)c1ccc(Cl)c(F)c1. The fraction of sp³-hybridized carbons (Fsp3) is 0.357. The molecule has 0 aromatic heterocycles. The lowest BCUT2D eigenvalue weighted by molar-refractivity contribution is -0.156. The standard InChI is InChI=1S/C14H13Cl2FO5/c1-3-21-12(19)14(16,13(20)22-4-2)11(18)8-5-6-9(15)10(17)7-8/h5-7H,3-4H2,1-2H3. The Morgan fingerprint density at radius 1 is 1.14 bits per heavy atom. The zero-order chi connectivity index (χ0) is 16.9. The van der Waals surface area contributed by atoms with Crippen molar-refractivity contribution in [3.63, 3.8) is 0 Å². The molecule has 0 bridgehead atoms. The van der Waals surface area contributed by atoms with E-state index >= 15 is 0 Å². The van der Waals surface area contributed by atoms with Crippen LogP contribution in [0.15, 0.2) is 18.2 Å². The van der Waals surface area contributed by atoms with Crippen molar-refractivity contribution >= 4 is 40.9 Å². The first-order valence-corrected chi connectivity index (χ1v) is 7.07. The second kappa shape index (κ2) is 7.56. The number of Topliss-reactive ketones (excluding diaryl/α,β-unsaturated/α-hetero) is 1. The van der Waals surface area contributed by atoms with Crippen molar-refractivity contribution < 1.29 is 28.2 Å². The summed E-state index contributed by atoms with van der Waals surface area (Å²) in [4.78, 5) is 33.6. The molecule has 5 nitrogen and oxygen atoms in total. The van der Waals surface area contributed by atoms with Crippen LogP contribution in [0.1, 0.15) is 24.2 Å². The molecule has 0 atom stereocenters. The Labute approximate surface area is 136 Å². The van der Waals surface area contributed by atoms with Gasteiger partial charge in [0.1, 0.15) is 5.82 Å². The molecule has 0 fully saturated rings. The molecule has 0 N–H and O–H groups in total. The lowest BCUT2D eigenvalue weighted by atomic mass is 9.96. The van der Waals surface area contributed by atoms with Gasteiger partial charge in [0.05, 0.1) is 18.2 Å². The van der Waals surface area contributed by atoms with Crippen molar-refractivity contribution in [1.29, 1.82) is 0 Å². The Morgan fingerprint density at radius 2 is 1.64 bits per heavy atom. The third-order valence-electron chi connectivity index (χ3n) is 2.61. The minimum atomic E-state index is -2.73. The normalized spacial score (nSPS) is 11.0. The van der Waals surface area contributed by atoms with Gasteiger partial charge in [0, 0.05) is 5.56 Å². The molecule has 1 aromatic carbocycles. The first-order valence-electron chi connectivity index (χ1n) is 6.32. The van der Waals surface area contributed by atoms with Crippen molar-refractivity contribution in [3.8, 4) is 0 Å². The van der Waals surface area contributed by atoms with Crippen LogP contribution in [0.4, 0.5) is 4.39 Å². The maximum atomic E-state index is 13.5. The van der Waals surface area contributed by atoms with Crippen LogP contribution in [0.5, 0.6) is 0 Å². The lowest BCUT2D eigenvalue weighted by Crippen LogP contribution is -2.50. The Morgan fingerprint density at radius 3 is 2.05 bits per heavy atom. The smallest absolute Gasteiger partial charge is 0.347 e. The summed E-state index contributed by atoms with van der Waals surface area (Å²) in [7, 11) is 0. The van der Waals surface area contributed by atoms with E-state index in [9.17, 15) is 18.8 Å². The second-order valence-electron chi connectivity index (χ2n) is 4.06. The summed E-state index contributed by atoms with van der Waals surface area (Å²) in [6.45, 7) is 2.75. The van der Waals surface area contributed by atoms with Crippen LogP contribution >= 0.6 is 23.2 Å². The van der Waals surface area contributed by atoms with Crippen LogP contribution < -0.4 is 0 Å². The Kier molecular flexibility index (Phi) is 6.32. The quantitative estimate of drug-likeness (QED) is 0.341. The van der Waals surface area contributed by atoms with Crippen LogP contribution in [0.2, 0.25) is 5.02 Å². The number of carbonyl (C=O) groups is 3. The number of alkyl halides is 1. The largest absolute Gasteiger partial charge is 0.464 e. The average Bonchev–Trinajstić information content (AvgIpc) is 2.48. The summed E-state index contributed by atoms with van der Waals surface area (Å²) < 4.78 is 22.8. The number of ketones is 1. The van der Waals surface area contributed by atoms with E-state index in [1.54, 1.807) is 0 Å². The van der Waals surface area contributed by atoms with Gasteiger partial charge in [-0.05, 0) is 32.0 Å². The van der Waals surface area contributed by atoms with Crippen molar-refractivity contribution in [2.24, 2.45) is 0 Å². The number of esters is 2. The summed E-state index contributed by atoms with van der Waals surface area (Å²) in [5.74, 6) is -4.60. The van der Waals surface area contributed by atoms with Crippen LogP contribution in [0, 0.1) is 5.82 Å². The Balaban J connectivity index is 3.30. The number of rotatable bonds is 6. The molecule has 0 radical (unpaired) electrons. The number of carbonyl (C=O) groups excluding carboxylic acids is 3. The van der Waals surface area contributed by atoms with Crippen molar-refractivity contribution in [2.45, 2.75) is 18.7 Å². The number of hydrogen-bond donors (Lipinski definition) is 0. The van der Waals surface area contributed by atoms with Crippen molar-refractivity contribution in [1.82, 2.24) is 0 Å². The van der Waals surface area contributed by atoms with Gasteiger partial charge in [-0.25, -0.2) is 14.0 Å². The fourth-order valence-corrected chi connectivity index (χ4v) is 1.90. The maximum absolute atomic E-state index is 13.5. The molecule has 1 rings (SSSR count). The van der Waals surface area contributed by atoms with Gasteiger partial charge in [-0.3, -0.25) is 4.79 Å². The molecule has 0 aliphatic carbocycles. The van der Waals surface area contributed by atoms with E-state index < -0.39 is 28.4 Å². The van der Waals surface area contributed by atoms with Gasteiger partial charge in [-0.2, -0.15) is 0 Å². The number of hydrogen-bond acceptors (Lipinski definition) is 5. The highest BCUT2D eigenvalue weighted by Gasteiger charge is 2.54. The number of halogens is 3. The molecule has 120 valence electrons.